The molecule has 0 amide bonds. The van der Waals surface area contributed by atoms with Gasteiger partial charge in [0, 0.05) is 11.4 Å². The average Bonchev–Trinajstić information content (AvgIpc) is 2.62. The number of aryl methyl sites for hydroxylation is 2. The van der Waals surface area contributed by atoms with Crippen molar-refractivity contribution < 1.29 is 0 Å². The highest BCUT2D eigenvalue weighted by Gasteiger charge is 2.03. The van der Waals surface area contributed by atoms with E-state index in [0.29, 0.717) is 0 Å². The lowest BCUT2D eigenvalue weighted by atomic mass is 10.3. The number of hydrogen-bond acceptors (Lipinski definition) is 4. The highest BCUT2D eigenvalue weighted by atomic mass is 32.1. The molecule has 1 aromatic heterocycles. The van der Waals surface area contributed by atoms with Crippen molar-refractivity contribution in [3.05, 3.63) is 15.6 Å². The van der Waals surface area contributed by atoms with Crippen LogP contribution in [-0.2, 0) is 6.54 Å². The summed E-state index contributed by atoms with van der Waals surface area (Å²) in [5.74, 6) is 0. The molecule has 98 valence electrons. The zero-order valence-corrected chi connectivity index (χ0v) is 12.4. The van der Waals surface area contributed by atoms with E-state index >= 15 is 0 Å². The van der Waals surface area contributed by atoms with Crippen LogP contribution in [0.4, 0.5) is 0 Å². The van der Waals surface area contributed by atoms with Gasteiger partial charge in [0.05, 0.1) is 10.7 Å². The van der Waals surface area contributed by atoms with Gasteiger partial charge in [0.25, 0.3) is 0 Å². The van der Waals surface area contributed by atoms with Gasteiger partial charge < -0.3 is 10.2 Å². The zero-order chi connectivity index (χ0) is 12.7. The predicted octanol–water partition coefficient (Wildman–Crippen LogP) is 2.58. The number of nitrogens with one attached hydrogen (secondary N) is 1. The molecule has 0 aliphatic carbocycles. The van der Waals surface area contributed by atoms with Gasteiger partial charge in [-0.3, -0.25) is 0 Å². The Bertz CT molecular complexity index is 318. The monoisotopic (exact) mass is 255 g/mol. The van der Waals surface area contributed by atoms with Crippen LogP contribution < -0.4 is 5.32 Å². The van der Waals surface area contributed by atoms with Gasteiger partial charge in [-0.05, 0) is 46.4 Å². The van der Waals surface area contributed by atoms with Crippen molar-refractivity contribution in [3.8, 4) is 0 Å². The Morgan fingerprint density at radius 3 is 2.47 bits per heavy atom. The van der Waals surface area contributed by atoms with Crippen molar-refractivity contribution in [2.75, 3.05) is 26.2 Å². The normalized spacial score (nSPS) is 11.4. The van der Waals surface area contributed by atoms with E-state index in [1.165, 1.54) is 28.5 Å². The first-order valence-electron chi connectivity index (χ1n) is 6.53. The van der Waals surface area contributed by atoms with E-state index in [1.54, 1.807) is 11.3 Å². The number of aromatic nitrogens is 1. The molecule has 0 unspecified atom stereocenters. The van der Waals surface area contributed by atoms with E-state index in [-0.39, 0.29) is 0 Å². The van der Waals surface area contributed by atoms with Crippen molar-refractivity contribution in [2.45, 2.75) is 40.7 Å². The van der Waals surface area contributed by atoms with Crippen LogP contribution in [0.1, 0.15) is 35.8 Å². The first-order valence-corrected chi connectivity index (χ1v) is 7.35. The topological polar surface area (TPSA) is 28.2 Å². The molecule has 0 radical (unpaired) electrons. The number of thiazole rings is 1. The predicted molar refractivity (Wildman–Crippen MR) is 75.7 cm³/mol. The minimum absolute atomic E-state index is 0.968. The van der Waals surface area contributed by atoms with Gasteiger partial charge in [-0.2, -0.15) is 0 Å². The van der Waals surface area contributed by atoms with Crippen LogP contribution in [-0.4, -0.2) is 36.1 Å². The summed E-state index contributed by atoms with van der Waals surface area (Å²) in [6.45, 7) is 14.2. The standard InChI is InChI=1S/C13H25N3S/c1-5-16(6-2)9-7-8-14-10-13-11(3)15-12(4)17-13/h14H,5-10H2,1-4H3. The molecule has 1 aromatic rings. The summed E-state index contributed by atoms with van der Waals surface area (Å²) in [5.41, 5.74) is 1.18. The largest absolute Gasteiger partial charge is 0.312 e. The second kappa shape index (κ2) is 7.80. The molecule has 1 N–H and O–H groups in total. The molecule has 1 heterocycles. The average molecular weight is 255 g/mol. The molecule has 3 nitrogen and oxygen atoms in total. The minimum Gasteiger partial charge on any atom is -0.312 e. The fraction of sp³-hybridized carbons (Fsp3) is 0.769. The molecule has 0 aromatic carbocycles. The first kappa shape index (κ1) is 14.6. The van der Waals surface area contributed by atoms with Gasteiger partial charge >= 0.3 is 0 Å². The van der Waals surface area contributed by atoms with E-state index < -0.39 is 0 Å². The van der Waals surface area contributed by atoms with Crippen LogP contribution in [0.25, 0.3) is 0 Å². The quantitative estimate of drug-likeness (QED) is 0.724. The summed E-state index contributed by atoms with van der Waals surface area (Å²) in [4.78, 5) is 8.28. The Labute approximate surface area is 109 Å². The third-order valence-corrected chi connectivity index (χ3v) is 4.08. The summed E-state index contributed by atoms with van der Waals surface area (Å²) < 4.78 is 0. The van der Waals surface area contributed by atoms with Crippen LogP contribution in [0, 0.1) is 13.8 Å². The van der Waals surface area contributed by atoms with Crippen LogP contribution in [0.5, 0.6) is 0 Å². The van der Waals surface area contributed by atoms with Crippen molar-refractivity contribution in [3.63, 3.8) is 0 Å². The van der Waals surface area contributed by atoms with Crippen molar-refractivity contribution >= 4 is 11.3 Å². The molecule has 4 heteroatoms. The first-order chi connectivity index (χ1) is 8.17. The maximum atomic E-state index is 4.44. The summed E-state index contributed by atoms with van der Waals surface area (Å²) >= 11 is 1.80. The Hall–Kier alpha value is -0.450. The lowest BCUT2D eigenvalue weighted by Gasteiger charge is -2.17. The second-order valence-electron chi connectivity index (χ2n) is 4.30. The van der Waals surface area contributed by atoms with Gasteiger partial charge in [-0.15, -0.1) is 11.3 Å². The molecular weight excluding hydrogens is 230 g/mol. The van der Waals surface area contributed by atoms with E-state index in [2.05, 4.69) is 42.9 Å². The summed E-state index contributed by atoms with van der Waals surface area (Å²) in [6.07, 6.45) is 1.22. The fourth-order valence-electron chi connectivity index (χ4n) is 1.91. The van der Waals surface area contributed by atoms with Crippen molar-refractivity contribution in [2.24, 2.45) is 0 Å². The third kappa shape index (κ3) is 5.15. The van der Waals surface area contributed by atoms with E-state index in [4.69, 9.17) is 0 Å². The van der Waals surface area contributed by atoms with Gasteiger partial charge in [0.1, 0.15) is 0 Å². The molecule has 0 saturated heterocycles. The molecule has 0 spiro atoms. The molecule has 17 heavy (non-hydrogen) atoms. The molecule has 0 bridgehead atoms. The number of nitrogens with zero attached hydrogens (tertiary/aromatic N) is 2. The highest BCUT2D eigenvalue weighted by Crippen LogP contribution is 2.16. The van der Waals surface area contributed by atoms with E-state index in [1.807, 2.05) is 0 Å². The smallest absolute Gasteiger partial charge is 0.0900 e. The Morgan fingerprint density at radius 1 is 1.24 bits per heavy atom. The second-order valence-corrected chi connectivity index (χ2v) is 5.59. The number of rotatable bonds is 8. The third-order valence-electron chi connectivity index (χ3n) is 3.01. The molecular formula is C13H25N3S. The van der Waals surface area contributed by atoms with E-state index in [0.717, 1.165) is 26.2 Å². The molecule has 0 aliphatic rings. The molecule has 1 rings (SSSR count). The Kier molecular flexibility index (Phi) is 6.70. The van der Waals surface area contributed by atoms with Crippen molar-refractivity contribution in [1.29, 1.82) is 0 Å². The lowest BCUT2D eigenvalue weighted by Crippen LogP contribution is -2.27. The molecule has 0 atom stereocenters. The Morgan fingerprint density at radius 2 is 1.94 bits per heavy atom. The number of hydrogen-bond donors (Lipinski definition) is 1. The fourth-order valence-corrected chi connectivity index (χ4v) is 2.81. The van der Waals surface area contributed by atoms with Gasteiger partial charge in [-0.25, -0.2) is 4.98 Å². The summed E-state index contributed by atoms with van der Waals surface area (Å²) in [6, 6.07) is 0. The zero-order valence-electron chi connectivity index (χ0n) is 11.5. The van der Waals surface area contributed by atoms with Crippen LogP contribution >= 0.6 is 11.3 Å². The lowest BCUT2D eigenvalue weighted by molar-refractivity contribution is 0.298. The Balaban J connectivity index is 2.14. The molecule has 0 fully saturated rings. The SMILES string of the molecule is CCN(CC)CCCNCc1sc(C)nc1C. The summed E-state index contributed by atoms with van der Waals surface area (Å²) in [5, 5.41) is 4.67. The maximum absolute atomic E-state index is 4.44. The van der Waals surface area contributed by atoms with Crippen LogP contribution in [0.2, 0.25) is 0 Å². The maximum Gasteiger partial charge on any atom is 0.0900 e. The van der Waals surface area contributed by atoms with E-state index in [9.17, 15) is 0 Å². The van der Waals surface area contributed by atoms with Gasteiger partial charge in [0.15, 0.2) is 0 Å². The van der Waals surface area contributed by atoms with Crippen LogP contribution in [0.3, 0.4) is 0 Å². The van der Waals surface area contributed by atoms with Crippen LogP contribution in [0.15, 0.2) is 0 Å². The van der Waals surface area contributed by atoms with Gasteiger partial charge in [-0.1, -0.05) is 13.8 Å². The van der Waals surface area contributed by atoms with Crippen molar-refractivity contribution in [1.82, 2.24) is 15.2 Å². The summed E-state index contributed by atoms with van der Waals surface area (Å²) in [7, 11) is 0. The molecule has 0 aliphatic heterocycles. The van der Waals surface area contributed by atoms with Gasteiger partial charge in [0.2, 0.25) is 0 Å². The minimum atomic E-state index is 0.968. The highest BCUT2D eigenvalue weighted by molar-refractivity contribution is 7.11. The molecule has 0 saturated carbocycles.